The van der Waals surface area contributed by atoms with Crippen molar-refractivity contribution in [1.29, 1.82) is 0 Å². The van der Waals surface area contributed by atoms with Crippen molar-refractivity contribution in [1.82, 2.24) is 0 Å². The summed E-state index contributed by atoms with van der Waals surface area (Å²) in [5.41, 5.74) is 6.65. The predicted molar refractivity (Wildman–Crippen MR) is 100 cm³/mol. The summed E-state index contributed by atoms with van der Waals surface area (Å²) < 4.78 is 45.5. The molecule has 2 aromatic rings. The summed E-state index contributed by atoms with van der Waals surface area (Å²) in [7, 11) is -3.57. The number of thiocarbonyl (C=S) groups is 1. The summed E-state index contributed by atoms with van der Waals surface area (Å²) in [6.07, 6.45) is 0.339. The van der Waals surface area contributed by atoms with Crippen molar-refractivity contribution in [3.63, 3.8) is 0 Å². The molecule has 0 spiro atoms. The minimum absolute atomic E-state index is 0.00129. The van der Waals surface area contributed by atoms with Crippen LogP contribution in [0.25, 0.3) is 0 Å². The molecule has 134 valence electrons. The Morgan fingerprint density at radius 1 is 1.20 bits per heavy atom. The van der Waals surface area contributed by atoms with E-state index in [1.165, 1.54) is 12.1 Å². The van der Waals surface area contributed by atoms with Gasteiger partial charge in [-0.15, -0.1) is 0 Å². The molecule has 0 saturated carbocycles. The molecule has 3 N–H and O–H groups in total. The molecule has 0 bridgehead atoms. The average molecular weight is 382 g/mol. The highest BCUT2D eigenvalue weighted by Crippen LogP contribution is 2.16. The largest absolute Gasteiger partial charge is 0.389 e. The molecule has 8 heteroatoms. The topological polar surface area (TPSA) is 81.4 Å². The zero-order chi connectivity index (χ0) is 18.3. The van der Waals surface area contributed by atoms with Crippen LogP contribution in [-0.4, -0.2) is 25.8 Å². The van der Waals surface area contributed by atoms with Gasteiger partial charge in [-0.3, -0.25) is 4.72 Å². The summed E-state index contributed by atoms with van der Waals surface area (Å²) in [5, 5.41) is 0. The van der Waals surface area contributed by atoms with E-state index in [-0.39, 0.29) is 22.0 Å². The van der Waals surface area contributed by atoms with Gasteiger partial charge < -0.3 is 10.5 Å². The lowest BCUT2D eigenvalue weighted by Gasteiger charge is -2.10. The van der Waals surface area contributed by atoms with Gasteiger partial charge in [0, 0.05) is 17.9 Å². The number of halogens is 1. The molecule has 0 aliphatic heterocycles. The second kappa shape index (κ2) is 8.89. The van der Waals surface area contributed by atoms with Crippen LogP contribution in [0, 0.1) is 5.82 Å². The molecule has 2 rings (SSSR count). The van der Waals surface area contributed by atoms with Gasteiger partial charge in [-0.2, -0.15) is 0 Å². The summed E-state index contributed by atoms with van der Waals surface area (Å²) in [6, 6.07) is 13.3. The number of anilines is 1. The van der Waals surface area contributed by atoms with Crippen LogP contribution < -0.4 is 10.5 Å². The molecule has 0 saturated heterocycles. The third-order valence-corrected chi connectivity index (χ3v) is 4.91. The maximum atomic E-state index is 13.5. The fraction of sp³-hybridized carbons (Fsp3) is 0.235. The second-order valence-corrected chi connectivity index (χ2v) is 7.65. The van der Waals surface area contributed by atoms with Gasteiger partial charge in [0.15, 0.2) is 0 Å². The lowest BCUT2D eigenvalue weighted by molar-refractivity contribution is 0.122. The van der Waals surface area contributed by atoms with Crippen LogP contribution >= 0.6 is 12.2 Å². The SMILES string of the molecule is NC(=S)c1cc(NS(=O)(=O)CCCOCc2ccccc2)ccc1F. The van der Waals surface area contributed by atoms with E-state index >= 15 is 0 Å². The van der Waals surface area contributed by atoms with Crippen LogP contribution in [0.4, 0.5) is 10.1 Å². The summed E-state index contributed by atoms with van der Waals surface area (Å²) in [6.45, 7) is 0.751. The fourth-order valence-electron chi connectivity index (χ4n) is 2.12. The van der Waals surface area contributed by atoms with E-state index in [0.717, 1.165) is 11.6 Å². The monoisotopic (exact) mass is 382 g/mol. The number of sulfonamides is 1. The third-order valence-electron chi connectivity index (χ3n) is 3.32. The average Bonchev–Trinajstić information content (AvgIpc) is 2.56. The number of benzene rings is 2. The van der Waals surface area contributed by atoms with Gasteiger partial charge in [-0.05, 0) is 30.2 Å². The van der Waals surface area contributed by atoms with Gasteiger partial charge in [0.1, 0.15) is 10.8 Å². The van der Waals surface area contributed by atoms with Crippen molar-refractivity contribution in [2.24, 2.45) is 5.73 Å². The Labute approximate surface area is 152 Å². The molecule has 0 aliphatic rings. The predicted octanol–water partition coefficient (Wildman–Crippen LogP) is 2.81. The molecule has 0 unspecified atom stereocenters. The van der Waals surface area contributed by atoms with E-state index in [0.29, 0.717) is 19.6 Å². The van der Waals surface area contributed by atoms with Crippen molar-refractivity contribution in [2.45, 2.75) is 13.0 Å². The lowest BCUT2D eigenvalue weighted by Crippen LogP contribution is -2.19. The summed E-state index contributed by atoms with van der Waals surface area (Å²) in [4.78, 5) is -0.132. The van der Waals surface area contributed by atoms with Crippen LogP contribution in [0.3, 0.4) is 0 Å². The molecule has 25 heavy (non-hydrogen) atoms. The molecule has 0 heterocycles. The normalized spacial score (nSPS) is 11.2. The van der Waals surface area contributed by atoms with E-state index < -0.39 is 15.8 Å². The van der Waals surface area contributed by atoms with E-state index in [1.807, 2.05) is 30.3 Å². The minimum Gasteiger partial charge on any atom is -0.389 e. The molecular formula is C17H19FN2O3S2. The van der Waals surface area contributed by atoms with Gasteiger partial charge in [0.05, 0.1) is 12.4 Å². The molecule has 0 radical (unpaired) electrons. The standard InChI is InChI=1S/C17H19FN2O3S2/c18-16-8-7-14(11-15(16)17(19)24)20-25(21,22)10-4-9-23-12-13-5-2-1-3-6-13/h1-3,5-8,11,20H,4,9-10,12H2,(H2,19,24). The number of hydrogen-bond acceptors (Lipinski definition) is 4. The first-order valence-electron chi connectivity index (χ1n) is 7.59. The minimum atomic E-state index is -3.57. The van der Waals surface area contributed by atoms with Crippen LogP contribution in [0.1, 0.15) is 17.5 Å². The highest BCUT2D eigenvalue weighted by molar-refractivity contribution is 7.92. The zero-order valence-corrected chi connectivity index (χ0v) is 15.1. The molecule has 2 aromatic carbocycles. The van der Waals surface area contributed by atoms with Crippen LogP contribution in [0.5, 0.6) is 0 Å². The Bertz CT molecular complexity index is 827. The Hall–Kier alpha value is -2.03. The maximum absolute atomic E-state index is 13.5. The molecule has 0 fully saturated rings. The fourth-order valence-corrected chi connectivity index (χ4v) is 3.37. The smallest absolute Gasteiger partial charge is 0.232 e. The first-order valence-corrected chi connectivity index (χ1v) is 9.65. The van der Waals surface area contributed by atoms with Crippen molar-refractivity contribution in [2.75, 3.05) is 17.1 Å². The van der Waals surface area contributed by atoms with E-state index in [2.05, 4.69) is 4.72 Å². The number of nitrogens with two attached hydrogens (primary N) is 1. The Balaban J connectivity index is 1.81. The van der Waals surface area contributed by atoms with Crippen LogP contribution in [-0.2, 0) is 21.4 Å². The maximum Gasteiger partial charge on any atom is 0.232 e. The quantitative estimate of drug-likeness (QED) is 0.515. The summed E-state index contributed by atoms with van der Waals surface area (Å²) in [5.74, 6) is -0.702. The van der Waals surface area contributed by atoms with Gasteiger partial charge >= 0.3 is 0 Å². The van der Waals surface area contributed by atoms with Crippen molar-refractivity contribution in [3.8, 4) is 0 Å². The third kappa shape index (κ3) is 6.41. The Morgan fingerprint density at radius 3 is 2.60 bits per heavy atom. The molecule has 0 aromatic heterocycles. The molecule has 0 atom stereocenters. The Morgan fingerprint density at radius 2 is 1.92 bits per heavy atom. The van der Waals surface area contributed by atoms with Gasteiger partial charge in [0.2, 0.25) is 10.0 Å². The first kappa shape index (κ1) is 19.3. The van der Waals surface area contributed by atoms with E-state index in [1.54, 1.807) is 0 Å². The molecule has 0 amide bonds. The van der Waals surface area contributed by atoms with E-state index in [4.69, 9.17) is 22.7 Å². The van der Waals surface area contributed by atoms with Crippen LogP contribution in [0.2, 0.25) is 0 Å². The molecule has 0 aliphatic carbocycles. The van der Waals surface area contributed by atoms with Crippen molar-refractivity contribution >= 4 is 32.9 Å². The van der Waals surface area contributed by atoms with Gasteiger partial charge in [-0.1, -0.05) is 42.5 Å². The highest BCUT2D eigenvalue weighted by atomic mass is 32.2. The highest BCUT2D eigenvalue weighted by Gasteiger charge is 2.13. The Kier molecular flexibility index (Phi) is 6.86. The van der Waals surface area contributed by atoms with Gasteiger partial charge in [0.25, 0.3) is 0 Å². The zero-order valence-electron chi connectivity index (χ0n) is 13.4. The lowest BCUT2D eigenvalue weighted by atomic mass is 10.2. The summed E-state index contributed by atoms with van der Waals surface area (Å²) >= 11 is 4.73. The molecule has 5 nitrogen and oxygen atoms in total. The van der Waals surface area contributed by atoms with Gasteiger partial charge in [-0.25, -0.2) is 12.8 Å². The number of rotatable bonds is 9. The number of nitrogens with one attached hydrogen (secondary N) is 1. The van der Waals surface area contributed by atoms with E-state index in [9.17, 15) is 12.8 Å². The first-order chi connectivity index (χ1) is 11.9. The van der Waals surface area contributed by atoms with Crippen LogP contribution in [0.15, 0.2) is 48.5 Å². The second-order valence-electron chi connectivity index (χ2n) is 5.37. The van der Waals surface area contributed by atoms with Crippen molar-refractivity contribution < 1.29 is 17.5 Å². The molecular weight excluding hydrogens is 363 g/mol. The number of hydrogen-bond donors (Lipinski definition) is 2. The number of ether oxygens (including phenoxy) is 1. The van der Waals surface area contributed by atoms with Crippen molar-refractivity contribution in [3.05, 3.63) is 65.5 Å².